The maximum Gasteiger partial charge on any atom is 0.409 e. The third-order valence-electron chi connectivity index (χ3n) is 4.17. The number of likely N-dealkylation sites (N-methyl/N-ethyl adjacent to an activating group) is 1. The molecule has 0 saturated heterocycles. The first kappa shape index (κ1) is 23.1. The van der Waals surface area contributed by atoms with Gasteiger partial charge in [-0.15, -0.1) is 0 Å². The molecule has 158 valence electrons. The van der Waals surface area contributed by atoms with E-state index in [9.17, 15) is 22.0 Å². The van der Waals surface area contributed by atoms with Crippen LogP contribution in [0.25, 0.3) is 0 Å². The molecule has 1 atom stereocenters. The van der Waals surface area contributed by atoms with E-state index in [1.54, 1.807) is 0 Å². The smallest absolute Gasteiger partial charge is 0.409 e. The number of aliphatic hydroxyl groups excluding tert-OH is 1. The van der Waals surface area contributed by atoms with Gasteiger partial charge in [-0.25, -0.2) is 22.0 Å². The molecule has 0 aromatic heterocycles. The van der Waals surface area contributed by atoms with Crippen molar-refractivity contribution in [2.24, 2.45) is 0 Å². The average molecular weight is 448 g/mol. The second-order valence-electron chi connectivity index (χ2n) is 6.20. The molecule has 29 heavy (non-hydrogen) atoms. The summed E-state index contributed by atoms with van der Waals surface area (Å²) in [6, 6.07) is 7.82. The van der Waals surface area contributed by atoms with Crippen LogP contribution in [0.15, 0.2) is 47.4 Å². The van der Waals surface area contributed by atoms with E-state index in [1.807, 2.05) is 0 Å². The fraction of sp³-hybridized carbons (Fsp3) is 0.316. The molecule has 2 rings (SSSR count). The number of sulfone groups is 1. The zero-order valence-electron chi connectivity index (χ0n) is 15.5. The number of nitrogens with zero attached hydrogens (tertiary/aromatic N) is 1. The monoisotopic (exact) mass is 447 g/mol. The molecule has 0 radical (unpaired) electrons. The van der Waals surface area contributed by atoms with E-state index in [2.05, 4.69) is 0 Å². The fourth-order valence-corrected chi connectivity index (χ4v) is 4.52. The highest BCUT2D eigenvalue weighted by Crippen LogP contribution is 2.34. The van der Waals surface area contributed by atoms with Gasteiger partial charge in [0.2, 0.25) is 0 Å². The van der Waals surface area contributed by atoms with Crippen LogP contribution in [0.5, 0.6) is 0 Å². The van der Waals surface area contributed by atoms with Gasteiger partial charge in [-0.2, -0.15) is 0 Å². The Balaban J connectivity index is 2.33. The Morgan fingerprint density at radius 2 is 1.86 bits per heavy atom. The highest BCUT2D eigenvalue weighted by Gasteiger charge is 2.32. The van der Waals surface area contributed by atoms with Crippen molar-refractivity contribution in [2.75, 3.05) is 26.8 Å². The van der Waals surface area contributed by atoms with E-state index in [4.69, 9.17) is 21.4 Å². The summed E-state index contributed by atoms with van der Waals surface area (Å²) in [5, 5.41) is 7.67. The van der Waals surface area contributed by atoms with E-state index in [-0.39, 0.29) is 36.6 Å². The predicted octanol–water partition coefficient (Wildman–Crippen LogP) is 3.58. The molecule has 2 aromatic rings. The van der Waals surface area contributed by atoms with Crippen molar-refractivity contribution < 1.29 is 31.8 Å². The maximum atomic E-state index is 14.3. The van der Waals surface area contributed by atoms with E-state index in [1.165, 1.54) is 31.3 Å². The highest BCUT2D eigenvalue weighted by atomic mass is 35.5. The van der Waals surface area contributed by atoms with Gasteiger partial charge in [0.25, 0.3) is 0 Å². The SMILES string of the molecule is CN(CCO)C(=O)OCCC(c1cc(F)ccc1F)S(=O)(=O)c1ccc(Cl)cc1. The Kier molecular flexibility index (Phi) is 7.95. The van der Waals surface area contributed by atoms with Crippen molar-refractivity contribution in [3.05, 3.63) is 64.7 Å². The quantitative estimate of drug-likeness (QED) is 0.668. The number of hydrogen-bond acceptors (Lipinski definition) is 5. The molecule has 1 unspecified atom stereocenters. The Labute approximate surface area is 172 Å². The number of carbonyl (C=O) groups excluding carboxylic acids is 1. The first-order valence-electron chi connectivity index (χ1n) is 8.60. The third kappa shape index (κ3) is 5.88. The number of ether oxygens (including phenoxy) is 1. The lowest BCUT2D eigenvalue weighted by Crippen LogP contribution is -2.30. The molecular formula is C19H20ClF2NO5S. The van der Waals surface area contributed by atoms with Crippen LogP contribution in [0, 0.1) is 11.6 Å². The largest absolute Gasteiger partial charge is 0.449 e. The Hall–Kier alpha value is -2.23. The molecule has 0 aliphatic rings. The minimum atomic E-state index is -4.15. The summed E-state index contributed by atoms with van der Waals surface area (Å²) in [6.45, 7) is -0.598. The van der Waals surface area contributed by atoms with Crippen molar-refractivity contribution >= 4 is 27.5 Å². The summed E-state index contributed by atoms with van der Waals surface area (Å²) in [4.78, 5) is 12.8. The second kappa shape index (κ2) is 10.00. The third-order valence-corrected chi connectivity index (χ3v) is 6.59. The van der Waals surface area contributed by atoms with Crippen LogP contribution < -0.4 is 0 Å². The van der Waals surface area contributed by atoms with Crippen LogP contribution in [0.2, 0.25) is 5.02 Å². The van der Waals surface area contributed by atoms with Gasteiger partial charge in [-0.05, 0) is 42.5 Å². The van der Waals surface area contributed by atoms with Gasteiger partial charge < -0.3 is 14.7 Å². The summed E-state index contributed by atoms with van der Waals surface area (Å²) in [5.74, 6) is -1.69. The molecule has 2 aromatic carbocycles. The maximum absolute atomic E-state index is 14.3. The van der Waals surface area contributed by atoms with Gasteiger partial charge in [0.05, 0.1) is 23.4 Å². The minimum absolute atomic E-state index is 0.0316. The van der Waals surface area contributed by atoms with Gasteiger partial charge in [0.1, 0.15) is 11.6 Å². The normalized spacial score (nSPS) is 12.4. The number of benzene rings is 2. The summed E-state index contributed by atoms with van der Waals surface area (Å²) in [6.07, 6.45) is -1.08. The van der Waals surface area contributed by atoms with Crippen molar-refractivity contribution in [3.63, 3.8) is 0 Å². The molecule has 1 N–H and O–H groups in total. The molecule has 0 aliphatic carbocycles. The van der Waals surface area contributed by atoms with Crippen LogP contribution >= 0.6 is 11.6 Å². The lowest BCUT2D eigenvalue weighted by Gasteiger charge is -2.20. The molecule has 0 spiro atoms. The summed E-state index contributed by atoms with van der Waals surface area (Å²) in [5.41, 5.74) is -0.361. The van der Waals surface area contributed by atoms with Crippen LogP contribution in [0.3, 0.4) is 0 Å². The zero-order valence-corrected chi connectivity index (χ0v) is 17.1. The van der Waals surface area contributed by atoms with Crippen LogP contribution in [-0.4, -0.2) is 51.3 Å². The standard InChI is InChI=1S/C19H20ClF2NO5S/c1-23(9-10-24)19(25)28-11-8-18(16-12-14(21)4-7-17(16)22)29(26,27)15-5-2-13(20)3-6-15/h2-7,12,18,24H,8-11H2,1H3. The molecule has 0 bridgehead atoms. The summed E-state index contributed by atoms with van der Waals surface area (Å²) < 4.78 is 59.3. The Bertz CT molecular complexity index is 954. The van der Waals surface area contributed by atoms with Crippen LogP contribution in [-0.2, 0) is 14.6 Å². The topological polar surface area (TPSA) is 83.9 Å². The number of carbonyl (C=O) groups is 1. The summed E-state index contributed by atoms with van der Waals surface area (Å²) in [7, 11) is -2.75. The molecule has 0 heterocycles. The van der Waals surface area contributed by atoms with Crippen LogP contribution in [0.1, 0.15) is 17.2 Å². The van der Waals surface area contributed by atoms with Gasteiger partial charge in [-0.3, -0.25) is 0 Å². The van der Waals surface area contributed by atoms with E-state index >= 15 is 0 Å². The molecule has 10 heteroatoms. The van der Waals surface area contributed by atoms with Gasteiger partial charge in [0.15, 0.2) is 9.84 Å². The number of rotatable bonds is 8. The lowest BCUT2D eigenvalue weighted by atomic mass is 10.1. The fourth-order valence-electron chi connectivity index (χ4n) is 2.63. The molecule has 6 nitrogen and oxygen atoms in total. The first-order valence-corrected chi connectivity index (χ1v) is 10.5. The van der Waals surface area contributed by atoms with Crippen molar-refractivity contribution in [3.8, 4) is 0 Å². The van der Waals surface area contributed by atoms with Gasteiger partial charge in [0, 0.05) is 30.6 Å². The van der Waals surface area contributed by atoms with E-state index in [0.717, 1.165) is 23.1 Å². The molecule has 0 fully saturated rings. The van der Waals surface area contributed by atoms with Crippen molar-refractivity contribution in [1.29, 1.82) is 0 Å². The number of hydrogen-bond donors (Lipinski definition) is 1. The average Bonchev–Trinajstić information content (AvgIpc) is 2.67. The molecule has 0 saturated carbocycles. The van der Waals surface area contributed by atoms with E-state index < -0.39 is 32.8 Å². The minimum Gasteiger partial charge on any atom is -0.449 e. The predicted molar refractivity (Wildman–Crippen MR) is 103 cm³/mol. The Morgan fingerprint density at radius 1 is 1.21 bits per heavy atom. The zero-order chi connectivity index (χ0) is 21.6. The van der Waals surface area contributed by atoms with Crippen molar-refractivity contribution in [1.82, 2.24) is 4.90 Å². The van der Waals surface area contributed by atoms with Gasteiger partial charge in [-0.1, -0.05) is 11.6 Å². The lowest BCUT2D eigenvalue weighted by molar-refractivity contribution is 0.102. The van der Waals surface area contributed by atoms with Gasteiger partial charge >= 0.3 is 6.09 Å². The van der Waals surface area contributed by atoms with Crippen molar-refractivity contribution in [2.45, 2.75) is 16.6 Å². The second-order valence-corrected chi connectivity index (χ2v) is 8.77. The summed E-state index contributed by atoms with van der Waals surface area (Å²) >= 11 is 5.79. The van der Waals surface area contributed by atoms with E-state index in [0.29, 0.717) is 5.02 Å². The van der Waals surface area contributed by atoms with Crippen LogP contribution in [0.4, 0.5) is 13.6 Å². The molecular weight excluding hydrogens is 428 g/mol. The Morgan fingerprint density at radius 3 is 2.48 bits per heavy atom. The first-order chi connectivity index (χ1) is 13.7. The number of halogens is 3. The molecule has 1 amide bonds. The highest BCUT2D eigenvalue weighted by molar-refractivity contribution is 7.91. The molecule has 0 aliphatic heterocycles. The number of amides is 1. The number of aliphatic hydroxyl groups is 1.